The maximum atomic E-state index is 6.96. The van der Waals surface area contributed by atoms with Crippen molar-refractivity contribution in [1.29, 1.82) is 0 Å². The van der Waals surface area contributed by atoms with Gasteiger partial charge >= 0.3 is 0 Å². The molecule has 0 amide bonds. The molecule has 0 aliphatic heterocycles. The first-order chi connectivity index (χ1) is 10.9. The van der Waals surface area contributed by atoms with Crippen molar-refractivity contribution < 1.29 is 13.3 Å². The van der Waals surface area contributed by atoms with Gasteiger partial charge in [0.15, 0.2) is 22.4 Å². The molecule has 140 valence electrons. The van der Waals surface area contributed by atoms with E-state index in [1.807, 2.05) is 0 Å². The van der Waals surface area contributed by atoms with Gasteiger partial charge in [-0.1, -0.05) is 54.9 Å². The van der Waals surface area contributed by atoms with E-state index >= 15 is 0 Å². The Kier molecular flexibility index (Phi) is 11.5. The second-order valence-corrected chi connectivity index (χ2v) is 16.7. The van der Waals surface area contributed by atoms with Crippen LogP contribution in [0.2, 0.25) is 36.3 Å². The van der Waals surface area contributed by atoms with Crippen molar-refractivity contribution in [2.75, 3.05) is 6.61 Å². The summed E-state index contributed by atoms with van der Waals surface area (Å²) in [5.41, 5.74) is 0. The Morgan fingerprint density at radius 3 is 1.26 bits per heavy atom. The summed E-state index contributed by atoms with van der Waals surface area (Å²) in [5, 5.41) is 0. The normalized spacial score (nSPS) is 13.7. The van der Waals surface area contributed by atoms with Gasteiger partial charge in [-0.05, 0) is 36.3 Å². The second kappa shape index (κ2) is 11.2. The molecule has 0 fully saturated rings. The van der Waals surface area contributed by atoms with Gasteiger partial charge in [0.05, 0.1) is 6.61 Å². The Bertz CT molecular complexity index is 259. The molecule has 0 radical (unpaired) electrons. The third-order valence-corrected chi connectivity index (χ3v) is 15.3. The van der Waals surface area contributed by atoms with Crippen LogP contribution in [0.15, 0.2) is 0 Å². The largest absolute Gasteiger partial charge is 0.423 e. The highest BCUT2D eigenvalue weighted by atomic mass is 28.4. The van der Waals surface area contributed by atoms with Crippen molar-refractivity contribution in [3.8, 4) is 0 Å². The maximum Gasteiger partial charge on any atom is 0.195 e. The summed E-state index contributed by atoms with van der Waals surface area (Å²) < 4.78 is 19.7. The van der Waals surface area contributed by atoms with Crippen molar-refractivity contribution in [3.05, 3.63) is 0 Å². The summed E-state index contributed by atoms with van der Waals surface area (Å²) in [6.45, 7) is 16.6. The Balaban J connectivity index is 5.70. The minimum absolute atomic E-state index is 0.487. The smallest absolute Gasteiger partial charge is 0.195 e. The molecule has 0 heterocycles. The van der Waals surface area contributed by atoms with E-state index in [0.29, 0.717) is 6.61 Å². The van der Waals surface area contributed by atoms with Crippen molar-refractivity contribution in [2.45, 2.75) is 103 Å². The second-order valence-electron chi connectivity index (χ2n) is 6.79. The predicted molar refractivity (Wildman–Crippen MR) is 110 cm³/mol. The molecule has 0 rings (SSSR count). The fraction of sp³-hybridized carbons (Fsp3) is 1.00. The van der Waals surface area contributed by atoms with E-state index in [2.05, 4.69) is 48.5 Å². The molecule has 23 heavy (non-hydrogen) atoms. The molecule has 0 saturated heterocycles. The summed E-state index contributed by atoms with van der Waals surface area (Å²) in [5.74, 6) is -0.487. The highest BCUT2D eigenvalue weighted by molar-refractivity contribution is 6.74. The zero-order valence-electron chi connectivity index (χ0n) is 17.1. The predicted octanol–water partition coefficient (Wildman–Crippen LogP) is 4.82. The van der Waals surface area contributed by atoms with E-state index < -0.39 is 22.4 Å². The lowest BCUT2D eigenvalue weighted by Crippen LogP contribution is -2.57. The van der Waals surface area contributed by atoms with E-state index in [1.54, 1.807) is 0 Å². The Morgan fingerprint density at radius 2 is 1.04 bits per heavy atom. The molecule has 0 aromatic carbocycles. The quantitative estimate of drug-likeness (QED) is 0.320. The standard InChI is InChI=1S/C17H42O3Si3/c1-8-15-17(16-18-21,19-22(9-2,10-3)11-4)20-23(12-5,13-6)14-7/h8-16H2,1-7,21H3. The molecule has 0 aliphatic carbocycles. The average Bonchev–Trinajstić information content (AvgIpc) is 2.58. The average molecular weight is 379 g/mol. The minimum atomic E-state index is -1.73. The van der Waals surface area contributed by atoms with Crippen LogP contribution < -0.4 is 0 Å². The number of hydrogen-bond acceptors (Lipinski definition) is 3. The molecule has 3 nitrogen and oxygen atoms in total. The molecule has 0 aromatic heterocycles. The summed E-state index contributed by atoms with van der Waals surface area (Å²) in [7, 11) is -2.73. The number of hydrogen-bond donors (Lipinski definition) is 0. The third kappa shape index (κ3) is 6.40. The van der Waals surface area contributed by atoms with Crippen LogP contribution in [-0.2, 0) is 13.3 Å². The fourth-order valence-corrected chi connectivity index (χ4v) is 9.95. The lowest BCUT2D eigenvalue weighted by molar-refractivity contribution is -0.158. The monoisotopic (exact) mass is 378 g/mol. The molecule has 0 aliphatic rings. The number of rotatable bonds is 14. The van der Waals surface area contributed by atoms with Gasteiger partial charge in [0.25, 0.3) is 0 Å². The summed E-state index contributed by atoms with van der Waals surface area (Å²) in [6, 6.07) is 6.97. The maximum absolute atomic E-state index is 6.96. The molecular formula is C17H42O3Si3. The minimum Gasteiger partial charge on any atom is -0.423 e. The first kappa shape index (κ1) is 23.5. The van der Waals surface area contributed by atoms with Gasteiger partial charge in [-0.3, -0.25) is 0 Å². The first-order valence-electron chi connectivity index (χ1n) is 9.79. The van der Waals surface area contributed by atoms with Gasteiger partial charge in [-0.15, -0.1) is 0 Å². The lowest BCUT2D eigenvalue weighted by Gasteiger charge is -2.47. The third-order valence-electron chi connectivity index (χ3n) is 5.67. The van der Waals surface area contributed by atoms with Gasteiger partial charge in [0.2, 0.25) is 0 Å². The molecular weight excluding hydrogens is 336 g/mol. The molecule has 0 aromatic rings. The SMILES string of the molecule is CCCC(CO[SiH3])(O[Si](CC)(CC)CC)O[Si](CC)(CC)CC. The van der Waals surface area contributed by atoms with Crippen LogP contribution in [0, 0.1) is 0 Å². The van der Waals surface area contributed by atoms with Crippen molar-refractivity contribution >= 4 is 27.1 Å². The van der Waals surface area contributed by atoms with Gasteiger partial charge in [-0.2, -0.15) is 0 Å². The Morgan fingerprint density at radius 1 is 0.696 bits per heavy atom. The lowest BCUT2D eigenvalue weighted by atomic mass is 10.2. The molecule has 0 saturated carbocycles. The Labute approximate surface area is 150 Å². The topological polar surface area (TPSA) is 27.7 Å². The van der Waals surface area contributed by atoms with Crippen LogP contribution >= 0.6 is 0 Å². The van der Waals surface area contributed by atoms with Crippen LogP contribution in [0.5, 0.6) is 0 Å². The molecule has 0 bridgehead atoms. The van der Waals surface area contributed by atoms with E-state index in [0.717, 1.165) is 59.6 Å². The highest BCUT2D eigenvalue weighted by Gasteiger charge is 2.46. The van der Waals surface area contributed by atoms with E-state index in [4.69, 9.17) is 13.3 Å². The van der Waals surface area contributed by atoms with Crippen molar-refractivity contribution in [1.82, 2.24) is 0 Å². The summed E-state index contributed by atoms with van der Waals surface area (Å²) in [4.78, 5) is 0. The highest BCUT2D eigenvalue weighted by Crippen LogP contribution is 2.37. The molecule has 0 N–H and O–H groups in total. The van der Waals surface area contributed by atoms with Gasteiger partial charge in [0, 0.05) is 6.42 Å². The van der Waals surface area contributed by atoms with E-state index in [9.17, 15) is 0 Å². The van der Waals surface area contributed by atoms with Gasteiger partial charge in [0.1, 0.15) is 10.5 Å². The summed E-state index contributed by atoms with van der Waals surface area (Å²) >= 11 is 0. The van der Waals surface area contributed by atoms with E-state index in [-0.39, 0.29) is 0 Å². The molecule has 0 unspecified atom stereocenters. The van der Waals surface area contributed by atoms with E-state index in [1.165, 1.54) is 0 Å². The van der Waals surface area contributed by atoms with Crippen LogP contribution in [0.1, 0.15) is 61.3 Å². The van der Waals surface area contributed by atoms with Gasteiger partial charge < -0.3 is 13.3 Å². The molecule has 0 spiro atoms. The summed E-state index contributed by atoms with van der Waals surface area (Å²) in [6.07, 6.45) is 2.03. The fourth-order valence-electron chi connectivity index (χ4n) is 3.58. The van der Waals surface area contributed by atoms with Crippen LogP contribution in [0.3, 0.4) is 0 Å². The van der Waals surface area contributed by atoms with Crippen molar-refractivity contribution in [2.24, 2.45) is 0 Å². The zero-order valence-corrected chi connectivity index (χ0v) is 21.1. The molecule has 0 atom stereocenters. The van der Waals surface area contributed by atoms with Gasteiger partial charge in [-0.25, -0.2) is 0 Å². The Hall–Kier alpha value is 0.531. The van der Waals surface area contributed by atoms with Crippen molar-refractivity contribution in [3.63, 3.8) is 0 Å². The zero-order chi connectivity index (χ0) is 18.0. The first-order valence-corrected chi connectivity index (χ1v) is 15.7. The van der Waals surface area contributed by atoms with Crippen LogP contribution in [-0.4, -0.2) is 39.5 Å². The van der Waals surface area contributed by atoms with Crippen LogP contribution in [0.25, 0.3) is 0 Å². The molecule has 6 heteroatoms. The van der Waals surface area contributed by atoms with Crippen LogP contribution in [0.4, 0.5) is 0 Å².